The summed E-state index contributed by atoms with van der Waals surface area (Å²) in [6, 6.07) is 0. The Morgan fingerprint density at radius 2 is 1.80 bits per heavy atom. The van der Waals surface area contributed by atoms with Gasteiger partial charge in [0.2, 0.25) is 0 Å². The Hall–Kier alpha value is -0.330. The first kappa shape index (κ1) is 9.67. The first-order valence-corrected chi connectivity index (χ1v) is 3.94. The van der Waals surface area contributed by atoms with E-state index in [1.807, 2.05) is 7.05 Å². The summed E-state index contributed by atoms with van der Waals surface area (Å²) in [5.41, 5.74) is 1.72. The minimum atomic E-state index is 0.394. The molecule has 0 saturated heterocycles. The van der Waals surface area contributed by atoms with E-state index in [1.54, 1.807) is 0 Å². The maximum atomic E-state index is 4.21. The molecule has 0 amide bonds. The van der Waals surface area contributed by atoms with Crippen LogP contribution in [0.3, 0.4) is 0 Å². The molecule has 0 bridgehead atoms. The highest BCUT2D eigenvalue weighted by atomic mass is 14.7. The van der Waals surface area contributed by atoms with Crippen LogP contribution in [0.5, 0.6) is 0 Å². The maximum Gasteiger partial charge on any atom is 0.0276 e. The van der Waals surface area contributed by atoms with E-state index >= 15 is 0 Å². The topological polar surface area (TPSA) is 12.4 Å². The van der Waals surface area contributed by atoms with E-state index in [-0.39, 0.29) is 0 Å². The number of aliphatic imine (C=N–C) groups is 1. The fourth-order valence-corrected chi connectivity index (χ4v) is 0.974. The minimum absolute atomic E-state index is 0.394. The van der Waals surface area contributed by atoms with Gasteiger partial charge in [0.05, 0.1) is 0 Å². The number of hydrogen-bond donors (Lipinski definition) is 0. The second kappa shape index (κ2) is 3.75. The van der Waals surface area contributed by atoms with Gasteiger partial charge in [-0.2, -0.15) is 0 Å². The van der Waals surface area contributed by atoms with E-state index in [2.05, 4.69) is 32.7 Å². The highest BCUT2D eigenvalue weighted by Crippen LogP contribution is 2.19. The molecule has 0 radical (unpaired) electrons. The molecule has 10 heavy (non-hydrogen) atoms. The zero-order valence-corrected chi connectivity index (χ0v) is 7.86. The zero-order chi connectivity index (χ0) is 8.20. The van der Waals surface area contributed by atoms with E-state index in [0.29, 0.717) is 5.41 Å². The quantitative estimate of drug-likeness (QED) is 0.524. The van der Waals surface area contributed by atoms with Gasteiger partial charge in [-0.1, -0.05) is 27.7 Å². The third-order valence-electron chi connectivity index (χ3n) is 1.46. The van der Waals surface area contributed by atoms with Gasteiger partial charge < -0.3 is 0 Å². The molecular formula is C9H19N. The van der Waals surface area contributed by atoms with Crippen LogP contribution < -0.4 is 0 Å². The van der Waals surface area contributed by atoms with Crippen molar-refractivity contribution in [2.24, 2.45) is 10.4 Å². The van der Waals surface area contributed by atoms with Gasteiger partial charge in [-0.3, -0.25) is 4.99 Å². The molecule has 0 aromatic rings. The molecule has 0 rings (SSSR count). The van der Waals surface area contributed by atoms with Crippen LogP contribution in [0.4, 0.5) is 0 Å². The molecule has 60 valence electrons. The van der Waals surface area contributed by atoms with Crippen LogP contribution in [-0.2, 0) is 0 Å². The van der Waals surface area contributed by atoms with Crippen LogP contribution in [-0.4, -0.2) is 12.8 Å². The lowest BCUT2D eigenvalue weighted by Gasteiger charge is -2.18. The van der Waals surface area contributed by atoms with E-state index in [9.17, 15) is 0 Å². The van der Waals surface area contributed by atoms with Crippen LogP contribution in [0.2, 0.25) is 0 Å². The monoisotopic (exact) mass is 141 g/mol. The molecule has 0 aromatic carbocycles. The van der Waals surface area contributed by atoms with Gasteiger partial charge in [-0.25, -0.2) is 0 Å². The molecule has 0 heterocycles. The average Bonchev–Trinajstić information content (AvgIpc) is 1.81. The Kier molecular flexibility index (Phi) is 3.62. The molecule has 1 nitrogen and oxygen atoms in total. The first-order chi connectivity index (χ1) is 4.49. The highest BCUT2D eigenvalue weighted by molar-refractivity contribution is 5.84. The van der Waals surface area contributed by atoms with Gasteiger partial charge in [0.25, 0.3) is 0 Å². The molecule has 0 atom stereocenters. The molecule has 0 aliphatic rings. The van der Waals surface area contributed by atoms with E-state index in [0.717, 1.165) is 12.8 Å². The Morgan fingerprint density at radius 3 is 1.90 bits per heavy atom. The van der Waals surface area contributed by atoms with Crippen LogP contribution in [0, 0.1) is 5.41 Å². The molecule has 0 saturated carbocycles. The van der Waals surface area contributed by atoms with Crippen LogP contribution in [0.1, 0.15) is 40.5 Å². The van der Waals surface area contributed by atoms with Gasteiger partial charge in [-0.05, 0) is 18.3 Å². The van der Waals surface area contributed by atoms with E-state index in [4.69, 9.17) is 0 Å². The van der Waals surface area contributed by atoms with Crippen molar-refractivity contribution < 1.29 is 0 Å². The fraction of sp³-hybridized carbons (Fsp3) is 0.889. The van der Waals surface area contributed by atoms with Crippen molar-refractivity contribution in [2.45, 2.75) is 40.5 Å². The lowest BCUT2D eigenvalue weighted by molar-refractivity contribution is 0.431. The van der Waals surface area contributed by atoms with Crippen LogP contribution >= 0.6 is 0 Å². The second-order valence-electron chi connectivity index (χ2n) is 3.88. The molecule has 0 aliphatic heterocycles. The molecule has 0 spiro atoms. The molecule has 0 aliphatic carbocycles. The van der Waals surface area contributed by atoms with Crippen molar-refractivity contribution in [2.75, 3.05) is 7.05 Å². The highest BCUT2D eigenvalue weighted by Gasteiger charge is 2.11. The van der Waals surface area contributed by atoms with Crippen molar-refractivity contribution in [3.8, 4) is 0 Å². The summed E-state index contributed by atoms with van der Waals surface area (Å²) in [5, 5.41) is 0. The van der Waals surface area contributed by atoms with Gasteiger partial charge in [0, 0.05) is 12.8 Å². The SMILES string of the molecule is CCC(CC(C)(C)C)=NC. The summed E-state index contributed by atoms with van der Waals surface area (Å²) in [6.07, 6.45) is 2.22. The molecule has 0 aromatic heterocycles. The van der Waals surface area contributed by atoms with Gasteiger partial charge in [0.15, 0.2) is 0 Å². The predicted octanol–water partition coefficient (Wildman–Crippen LogP) is 2.90. The zero-order valence-electron chi connectivity index (χ0n) is 7.86. The van der Waals surface area contributed by atoms with Gasteiger partial charge in [0.1, 0.15) is 0 Å². The lowest BCUT2D eigenvalue weighted by Crippen LogP contribution is -2.12. The lowest BCUT2D eigenvalue weighted by atomic mass is 9.89. The minimum Gasteiger partial charge on any atom is -0.297 e. The van der Waals surface area contributed by atoms with Crippen LogP contribution in [0.15, 0.2) is 4.99 Å². The molecule has 0 unspecified atom stereocenters. The molecular weight excluding hydrogens is 122 g/mol. The van der Waals surface area contributed by atoms with E-state index in [1.165, 1.54) is 5.71 Å². The van der Waals surface area contributed by atoms with E-state index < -0.39 is 0 Å². The Bertz CT molecular complexity index is 117. The van der Waals surface area contributed by atoms with Crippen molar-refractivity contribution in [3.05, 3.63) is 0 Å². The third-order valence-corrected chi connectivity index (χ3v) is 1.46. The maximum absolute atomic E-state index is 4.21. The molecule has 0 N–H and O–H groups in total. The second-order valence-corrected chi connectivity index (χ2v) is 3.88. The van der Waals surface area contributed by atoms with Crippen molar-refractivity contribution in [1.29, 1.82) is 0 Å². The predicted molar refractivity (Wildman–Crippen MR) is 47.7 cm³/mol. The third kappa shape index (κ3) is 4.54. The van der Waals surface area contributed by atoms with Crippen molar-refractivity contribution in [3.63, 3.8) is 0 Å². The summed E-state index contributed by atoms with van der Waals surface area (Å²) < 4.78 is 0. The summed E-state index contributed by atoms with van der Waals surface area (Å²) in [6.45, 7) is 8.89. The number of nitrogens with zero attached hydrogens (tertiary/aromatic N) is 1. The van der Waals surface area contributed by atoms with Crippen molar-refractivity contribution >= 4 is 5.71 Å². The Balaban J connectivity index is 3.88. The largest absolute Gasteiger partial charge is 0.297 e. The van der Waals surface area contributed by atoms with Crippen molar-refractivity contribution in [1.82, 2.24) is 0 Å². The fourth-order valence-electron chi connectivity index (χ4n) is 0.974. The number of hydrogen-bond acceptors (Lipinski definition) is 1. The molecule has 0 fully saturated rings. The Morgan fingerprint density at radius 1 is 1.30 bits per heavy atom. The molecule has 1 heteroatoms. The summed E-state index contributed by atoms with van der Waals surface area (Å²) >= 11 is 0. The standard InChI is InChI=1S/C9H19N/c1-6-8(10-5)7-9(2,3)4/h6-7H2,1-5H3. The summed E-state index contributed by atoms with van der Waals surface area (Å²) in [7, 11) is 1.88. The average molecular weight is 141 g/mol. The summed E-state index contributed by atoms with van der Waals surface area (Å²) in [5.74, 6) is 0. The normalized spacial score (nSPS) is 13.9. The van der Waals surface area contributed by atoms with Gasteiger partial charge >= 0.3 is 0 Å². The number of rotatable bonds is 2. The summed E-state index contributed by atoms with van der Waals surface area (Å²) in [4.78, 5) is 4.21. The first-order valence-electron chi connectivity index (χ1n) is 3.94. The van der Waals surface area contributed by atoms with Gasteiger partial charge in [-0.15, -0.1) is 0 Å². The van der Waals surface area contributed by atoms with Crippen LogP contribution in [0.25, 0.3) is 0 Å². The smallest absolute Gasteiger partial charge is 0.0276 e. The Labute approximate surface area is 64.6 Å².